The normalized spacial score (nSPS) is 18.5. The number of piperidine rings is 1. The molecule has 0 bridgehead atoms. The highest BCUT2D eigenvalue weighted by atomic mass is 16.2. The highest BCUT2D eigenvalue weighted by Crippen LogP contribution is 2.32. The number of likely N-dealkylation sites (tertiary alicyclic amines) is 1. The van der Waals surface area contributed by atoms with Gasteiger partial charge >= 0.3 is 0 Å². The van der Waals surface area contributed by atoms with Crippen LogP contribution in [0.1, 0.15) is 48.5 Å². The van der Waals surface area contributed by atoms with Crippen molar-refractivity contribution in [3.05, 3.63) is 65.5 Å². The predicted molar refractivity (Wildman–Crippen MR) is 107 cm³/mol. The molecule has 1 saturated heterocycles. The highest BCUT2D eigenvalue weighted by Gasteiger charge is 2.36. The van der Waals surface area contributed by atoms with E-state index in [9.17, 15) is 9.59 Å². The first-order valence-electron chi connectivity index (χ1n) is 10.2. The molecule has 4 rings (SSSR count). The van der Waals surface area contributed by atoms with Gasteiger partial charge in [-0.25, -0.2) is 0 Å². The molecule has 0 radical (unpaired) electrons. The van der Waals surface area contributed by atoms with Crippen LogP contribution in [0, 0.1) is 18.8 Å². The van der Waals surface area contributed by atoms with Gasteiger partial charge < -0.3 is 10.2 Å². The maximum Gasteiger partial charge on any atom is 0.225 e. The van der Waals surface area contributed by atoms with Crippen LogP contribution in [0.5, 0.6) is 0 Å². The number of rotatable bonds is 5. The zero-order chi connectivity index (χ0) is 19.5. The number of aryl methyl sites for hydroxylation is 1. The Morgan fingerprint density at radius 1 is 1.00 bits per heavy atom. The van der Waals surface area contributed by atoms with Crippen LogP contribution in [0.2, 0.25) is 0 Å². The highest BCUT2D eigenvalue weighted by molar-refractivity contribution is 5.82. The van der Waals surface area contributed by atoms with Crippen molar-refractivity contribution < 1.29 is 9.59 Å². The lowest BCUT2D eigenvalue weighted by molar-refractivity contribution is -0.136. The first kappa shape index (κ1) is 18.7. The Hall–Kier alpha value is -2.69. The number of hydrogen-bond acceptors (Lipinski definition) is 3. The van der Waals surface area contributed by atoms with Crippen molar-refractivity contribution in [3.8, 4) is 0 Å². The number of nitrogens with one attached hydrogen (secondary N) is 1. The monoisotopic (exact) mass is 377 g/mol. The summed E-state index contributed by atoms with van der Waals surface area (Å²) in [5.41, 5.74) is 2.96. The van der Waals surface area contributed by atoms with E-state index >= 15 is 0 Å². The lowest BCUT2D eigenvalue weighted by Gasteiger charge is -2.32. The van der Waals surface area contributed by atoms with Crippen LogP contribution in [-0.4, -0.2) is 34.8 Å². The van der Waals surface area contributed by atoms with E-state index in [0.29, 0.717) is 13.1 Å². The van der Waals surface area contributed by atoms with Gasteiger partial charge in [0.25, 0.3) is 0 Å². The summed E-state index contributed by atoms with van der Waals surface area (Å²) in [6, 6.07) is 13.7. The van der Waals surface area contributed by atoms with Crippen LogP contribution in [0.4, 0.5) is 0 Å². The minimum atomic E-state index is -0.263. The maximum atomic E-state index is 13.0. The molecule has 2 fully saturated rings. The van der Waals surface area contributed by atoms with Gasteiger partial charge in [-0.05, 0) is 49.8 Å². The molecule has 28 heavy (non-hydrogen) atoms. The second-order valence-corrected chi connectivity index (χ2v) is 7.93. The molecule has 146 valence electrons. The second kappa shape index (κ2) is 8.13. The van der Waals surface area contributed by atoms with Gasteiger partial charge in [0, 0.05) is 31.1 Å². The molecule has 1 aliphatic heterocycles. The van der Waals surface area contributed by atoms with E-state index in [1.165, 1.54) is 0 Å². The number of hydrogen-bond donors (Lipinski definition) is 1. The molecule has 1 N–H and O–H groups in total. The molecule has 2 aromatic rings. The molecular weight excluding hydrogens is 350 g/mol. The van der Waals surface area contributed by atoms with Gasteiger partial charge in [0.2, 0.25) is 11.8 Å². The summed E-state index contributed by atoms with van der Waals surface area (Å²) in [7, 11) is 0. The summed E-state index contributed by atoms with van der Waals surface area (Å²) in [5, 5.41) is 3.23. The Balaban J connectivity index is 1.46. The second-order valence-electron chi connectivity index (χ2n) is 7.93. The van der Waals surface area contributed by atoms with Gasteiger partial charge in [-0.1, -0.05) is 36.4 Å². The minimum Gasteiger partial charge on any atom is -0.343 e. The van der Waals surface area contributed by atoms with E-state index in [4.69, 9.17) is 0 Å². The number of carbonyl (C=O) groups excluding carboxylic acids is 2. The lowest BCUT2D eigenvalue weighted by Crippen LogP contribution is -2.44. The zero-order valence-electron chi connectivity index (χ0n) is 16.3. The molecule has 2 aliphatic rings. The first-order chi connectivity index (χ1) is 13.6. The lowest BCUT2D eigenvalue weighted by atomic mass is 9.93. The van der Waals surface area contributed by atoms with E-state index in [0.717, 1.165) is 42.5 Å². The van der Waals surface area contributed by atoms with Gasteiger partial charge in [-0.3, -0.25) is 14.6 Å². The van der Waals surface area contributed by atoms with Crippen LogP contribution in [-0.2, 0) is 9.59 Å². The van der Waals surface area contributed by atoms with Crippen molar-refractivity contribution in [2.75, 3.05) is 13.1 Å². The number of benzene rings is 1. The molecule has 1 aromatic heterocycles. The SMILES string of the molecule is Cc1cccnc1C(NC(=O)C1CCN(C(=O)C2CC2)CC1)c1ccccc1. The number of aromatic nitrogens is 1. The van der Waals surface area contributed by atoms with Crippen molar-refractivity contribution in [2.45, 2.75) is 38.6 Å². The molecule has 1 saturated carbocycles. The Morgan fingerprint density at radius 3 is 2.36 bits per heavy atom. The molecule has 2 amide bonds. The largest absolute Gasteiger partial charge is 0.343 e. The maximum absolute atomic E-state index is 13.0. The van der Waals surface area contributed by atoms with E-state index in [2.05, 4.69) is 10.3 Å². The van der Waals surface area contributed by atoms with Crippen molar-refractivity contribution in [3.63, 3.8) is 0 Å². The summed E-state index contributed by atoms with van der Waals surface area (Å²) in [5.74, 6) is 0.529. The van der Waals surface area contributed by atoms with Gasteiger partial charge in [0.1, 0.15) is 0 Å². The zero-order valence-corrected chi connectivity index (χ0v) is 16.3. The van der Waals surface area contributed by atoms with Crippen molar-refractivity contribution >= 4 is 11.8 Å². The van der Waals surface area contributed by atoms with E-state index < -0.39 is 0 Å². The Kier molecular flexibility index (Phi) is 5.42. The third kappa shape index (κ3) is 4.08. The summed E-state index contributed by atoms with van der Waals surface area (Å²) >= 11 is 0. The van der Waals surface area contributed by atoms with Crippen molar-refractivity contribution in [1.82, 2.24) is 15.2 Å². The fraction of sp³-hybridized carbons (Fsp3) is 0.435. The molecule has 1 unspecified atom stereocenters. The van der Waals surface area contributed by atoms with Gasteiger partial charge in [-0.2, -0.15) is 0 Å². The first-order valence-corrected chi connectivity index (χ1v) is 10.2. The molecule has 1 aromatic carbocycles. The average Bonchev–Trinajstić information content (AvgIpc) is 3.58. The Bertz CT molecular complexity index is 840. The Morgan fingerprint density at radius 2 is 1.71 bits per heavy atom. The molecule has 2 heterocycles. The van der Waals surface area contributed by atoms with Crippen LogP contribution in [0.15, 0.2) is 48.7 Å². The van der Waals surface area contributed by atoms with Crippen LogP contribution < -0.4 is 5.32 Å². The van der Waals surface area contributed by atoms with Gasteiger partial charge in [0.05, 0.1) is 11.7 Å². The molecule has 5 heteroatoms. The smallest absolute Gasteiger partial charge is 0.225 e. The molecule has 1 atom stereocenters. The topological polar surface area (TPSA) is 62.3 Å². The van der Waals surface area contributed by atoms with Gasteiger partial charge in [-0.15, -0.1) is 0 Å². The molecule has 0 spiro atoms. The standard InChI is InChI=1S/C23H27N3O2/c1-16-6-5-13-24-20(16)21(17-7-3-2-4-8-17)25-22(27)18-11-14-26(15-12-18)23(28)19-9-10-19/h2-8,13,18-19,21H,9-12,14-15H2,1H3,(H,25,27). The molecule has 1 aliphatic carbocycles. The Labute approximate surface area is 166 Å². The number of nitrogens with zero attached hydrogens (tertiary/aromatic N) is 2. The quantitative estimate of drug-likeness (QED) is 0.870. The summed E-state index contributed by atoms with van der Waals surface area (Å²) in [6.45, 7) is 3.39. The number of pyridine rings is 1. The molecular formula is C23H27N3O2. The number of amides is 2. The third-order valence-corrected chi connectivity index (χ3v) is 5.85. The predicted octanol–water partition coefficient (Wildman–Crippen LogP) is 3.24. The van der Waals surface area contributed by atoms with Crippen LogP contribution >= 0.6 is 0 Å². The van der Waals surface area contributed by atoms with Crippen LogP contribution in [0.25, 0.3) is 0 Å². The summed E-state index contributed by atoms with van der Waals surface area (Å²) in [6.07, 6.45) is 5.29. The fourth-order valence-corrected chi connectivity index (χ4v) is 3.97. The molecule has 5 nitrogen and oxygen atoms in total. The fourth-order valence-electron chi connectivity index (χ4n) is 3.97. The van der Waals surface area contributed by atoms with Crippen LogP contribution in [0.3, 0.4) is 0 Å². The van der Waals surface area contributed by atoms with E-state index in [1.807, 2.05) is 54.3 Å². The van der Waals surface area contributed by atoms with Crippen molar-refractivity contribution in [2.24, 2.45) is 11.8 Å². The summed E-state index contributed by atoms with van der Waals surface area (Å²) in [4.78, 5) is 31.8. The summed E-state index contributed by atoms with van der Waals surface area (Å²) < 4.78 is 0. The van der Waals surface area contributed by atoms with Gasteiger partial charge in [0.15, 0.2) is 0 Å². The van der Waals surface area contributed by atoms with E-state index in [1.54, 1.807) is 6.20 Å². The third-order valence-electron chi connectivity index (χ3n) is 5.85. The van der Waals surface area contributed by atoms with Crippen molar-refractivity contribution in [1.29, 1.82) is 0 Å². The minimum absolute atomic E-state index is 0.0532. The number of carbonyl (C=O) groups is 2. The average molecular weight is 377 g/mol. The van der Waals surface area contributed by atoms with E-state index in [-0.39, 0.29) is 29.7 Å².